The Labute approximate surface area is 177 Å². The van der Waals surface area contributed by atoms with Crippen molar-refractivity contribution < 1.29 is 4.79 Å². The van der Waals surface area contributed by atoms with Gasteiger partial charge >= 0.3 is 0 Å². The predicted octanol–water partition coefficient (Wildman–Crippen LogP) is 2.35. The molecule has 0 spiro atoms. The molecule has 1 atom stereocenters. The molecule has 1 aliphatic heterocycles. The zero-order valence-electron chi connectivity index (χ0n) is 16.2. The monoisotopic (exact) mass is 422 g/mol. The van der Waals surface area contributed by atoms with Crippen LogP contribution in [0.3, 0.4) is 0 Å². The molecule has 2 aromatic heterocycles. The van der Waals surface area contributed by atoms with E-state index < -0.39 is 0 Å². The molecule has 0 saturated carbocycles. The largest absolute Gasteiger partial charge is 0.383 e. The molecular weight excluding hydrogens is 400 g/mol. The van der Waals surface area contributed by atoms with Gasteiger partial charge in [0.2, 0.25) is 0 Å². The van der Waals surface area contributed by atoms with Crippen molar-refractivity contribution in [3.63, 3.8) is 0 Å². The average Bonchev–Trinajstić information content (AvgIpc) is 3.27. The molecular formula is C20H22N8OS. The van der Waals surface area contributed by atoms with Crippen LogP contribution in [0.4, 0.5) is 16.8 Å². The second-order valence-corrected chi connectivity index (χ2v) is 7.81. The lowest BCUT2D eigenvalue weighted by atomic mass is 10.0. The quantitative estimate of drug-likeness (QED) is 0.384. The van der Waals surface area contributed by atoms with Crippen LogP contribution in [-0.4, -0.2) is 45.7 Å². The Morgan fingerprint density at radius 3 is 2.70 bits per heavy atom. The van der Waals surface area contributed by atoms with Gasteiger partial charge in [-0.2, -0.15) is 0 Å². The standard InChI is InChI=1S/C20H22N8OS/c21-16(12-3-5-13(6-4-12)19(29)28-20-24-8-9-30-20)15-17(22)25-11-26-18(15)27-14-2-1-7-23-10-14/h3-6,8-9,11,14,21,23H,1-2,7,10H2,(H,24,28,29)(H3,22,25,26,27). The highest BCUT2D eigenvalue weighted by atomic mass is 32.1. The summed E-state index contributed by atoms with van der Waals surface area (Å²) in [7, 11) is 0. The Bertz CT molecular complexity index is 1030. The Kier molecular flexibility index (Phi) is 5.96. The molecule has 0 bridgehead atoms. The SMILES string of the molecule is N=C(c1ccc(C(=O)Nc2nccs2)cc1)c1c(N)ncnc1NC1CCCNC1. The van der Waals surface area contributed by atoms with Gasteiger partial charge in [-0.1, -0.05) is 12.1 Å². The topological polar surface area (TPSA) is 142 Å². The molecule has 6 N–H and O–H groups in total. The first-order valence-corrected chi connectivity index (χ1v) is 10.5. The number of nitrogen functional groups attached to an aromatic ring is 1. The van der Waals surface area contributed by atoms with E-state index in [9.17, 15) is 4.79 Å². The fourth-order valence-corrected chi connectivity index (χ4v) is 3.83. The first-order chi connectivity index (χ1) is 14.6. The number of nitrogens with one attached hydrogen (secondary N) is 4. The number of thiazole rings is 1. The minimum atomic E-state index is -0.252. The third-order valence-corrected chi connectivity index (χ3v) is 5.54. The highest BCUT2D eigenvalue weighted by molar-refractivity contribution is 7.13. The van der Waals surface area contributed by atoms with Crippen LogP contribution in [0.5, 0.6) is 0 Å². The van der Waals surface area contributed by atoms with E-state index in [4.69, 9.17) is 11.1 Å². The molecule has 4 rings (SSSR count). The van der Waals surface area contributed by atoms with Crippen molar-refractivity contribution in [2.75, 3.05) is 29.5 Å². The van der Waals surface area contributed by atoms with E-state index in [2.05, 4.69) is 30.9 Å². The lowest BCUT2D eigenvalue weighted by Crippen LogP contribution is -2.39. The number of rotatable bonds is 6. The zero-order valence-corrected chi connectivity index (χ0v) is 17.0. The van der Waals surface area contributed by atoms with Gasteiger partial charge in [-0.05, 0) is 31.5 Å². The first-order valence-electron chi connectivity index (χ1n) is 9.60. The van der Waals surface area contributed by atoms with E-state index in [0.29, 0.717) is 27.6 Å². The fraction of sp³-hybridized carbons (Fsp3) is 0.250. The van der Waals surface area contributed by atoms with Gasteiger partial charge in [0.15, 0.2) is 5.13 Å². The molecule has 1 saturated heterocycles. The second kappa shape index (κ2) is 8.97. The molecule has 10 heteroatoms. The number of nitrogens with zero attached hydrogens (tertiary/aromatic N) is 3. The summed E-state index contributed by atoms with van der Waals surface area (Å²) in [6.07, 6.45) is 5.13. The van der Waals surface area contributed by atoms with Gasteiger partial charge in [0.25, 0.3) is 5.91 Å². The van der Waals surface area contributed by atoms with Crippen molar-refractivity contribution >= 4 is 39.7 Å². The van der Waals surface area contributed by atoms with Gasteiger partial charge in [-0.25, -0.2) is 15.0 Å². The highest BCUT2D eigenvalue weighted by Crippen LogP contribution is 2.23. The van der Waals surface area contributed by atoms with Crippen molar-refractivity contribution in [1.82, 2.24) is 20.3 Å². The van der Waals surface area contributed by atoms with Crippen LogP contribution < -0.4 is 21.7 Å². The smallest absolute Gasteiger partial charge is 0.257 e. The van der Waals surface area contributed by atoms with E-state index >= 15 is 0 Å². The van der Waals surface area contributed by atoms with Crippen LogP contribution in [0.25, 0.3) is 0 Å². The normalized spacial score (nSPS) is 16.1. The average molecular weight is 423 g/mol. The Hall–Kier alpha value is -3.37. The molecule has 1 aliphatic rings. The highest BCUT2D eigenvalue weighted by Gasteiger charge is 2.20. The van der Waals surface area contributed by atoms with E-state index in [-0.39, 0.29) is 23.5 Å². The molecule has 0 aliphatic carbocycles. The molecule has 3 aromatic rings. The Balaban J connectivity index is 1.53. The summed E-state index contributed by atoms with van der Waals surface area (Å²) < 4.78 is 0. The van der Waals surface area contributed by atoms with Gasteiger partial charge in [-0.3, -0.25) is 15.5 Å². The number of benzene rings is 1. The van der Waals surface area contributed by atoms with Crippen molar-refractivity contribution in [1.29, 1.82) is 5.41 Å². The maximum Gasteiger partial charge on any atom is 0.257 e. The number of hydrogen-bond acceptors (Lipinski definition) is 9. The maximum absolute atomic E-state index is 12.3. The molecule has 1 amide bonds. The molecule has 9 nitrogen and oxygen atoms in total. The minimum absolute atomic E-state index is 0.200. The molecule has 1 fully saturated rings. The number of aromatic nitrogens is 3. The molecule has 154 valence electrons. The summed E-state index contributed by atoms with van der Waals surface area (Å²) in [6, 6.07) is 7.00. The van der Waals surface area contributed by atoms with E-state index in [1.54, 1.807) is 35.8 Å². The van der Waals surface area contributed by atoms with Crippen molar-refractivity contribution in [2.45, 2.75) is 18.9 Å². The molecule has 30 heavy (non-hydrogen) atoms. The van der Waals surface area contributed by atoms with Crippen molar-refractivity contribution in [3.8, 4) is 0 Å². The minimum Gasteiger partial charge on any atom is -0.383 e. The van der Waals surface area contributed by atoms with Crippen LogP contribution >= 0.6 is 11.3 Å². The third kappa shape index (κ3) is 4.44. The van der Waals surface area contributed by atoms with Gasteiger partial charge in [0, 0.05) is 35.3 Å². The van der Waals surface area contributed by atoms with Crippen molar-refractivity contribution in [3.05, 3.63) is 58.9 Å². The number of amides is 1. The third-order valence-electron chi connectivity index (χ3n) is 4.85. The lowest BCUT2D eigenvalue weighted by Gasteiger charge is -2.25. The fourth-order valence-electron chi connectivity index (χ4n) is 3.31. The summed E-state index contributed by atoms with van der Waals surface area (Å²) in [4.78, 5) is 24.8. The van der Waals surface area contributed by atoms with Crippen LogP contribution in [0.1, 0.15) is 34.3 Å². The van der Waals surface area contributed by atoms with Gasteiger partial charge in [0.05, 0.1) is 11.3 Å². The Morgan fingerprint density at radius 1 is 1.20 bits per heavy atom. The maximum atomic E-state index is 12.3. The predicted molar refractivity (Wildman–Crippen MR) is 118 cm³/mol. The summed E-state index contributed by atoms with van der Waals surface area (Å²) >= 11 is 1.35. The van der Waals surface area contributed by atoms with Gasteiger partial charge < -0.3 is 16.4 Å². The summed E-state index contributed by atoms with van der Waals surface area (Å²) in [5, 5.41) is 20.5. The number of hydrogen-bond donors (Lipinski definition) is 5. The van der Waals surface area contributed by atoms with Crippen LogP contribution in [-0.2, 0) is 0 Å². The summed E-state index contributed by atoms with van der Waals surface area (Å²) in [5.74, 6) is 0.538. The lowest BCUT2D eigenvalue weighted by molar-refractivity contribution is 0.102. The molecule has 3 heterocycles. The number of piperidine rings is 1. The van der Waals surface area contributed by atoms with Crippen LogP contribution in [0.15, 0.2) is 42.2 Å². The summed E-state index contributed by atoms with van der Waals surface area (Å²) in [6.45, 7) is 1.84. The van der Waals surface area contributed by atoms with E-state index in [1.807, 2.05) is 0 Å². The second-order valence-electron chi connectivity index (χ2n) is 6.91. The zero-order chi connectivity index (χ0) is 20.9. The van der Waals surface area contributed by atoms with E-state index in [1.165, 1.54) is 17.7 Å². The number of anilines is 3. The first kappa shape index (κ1) is 19.9. The van der Waals surface area contributed by atoms with Gasteiger partial charge in [0.1, 0.15) is 18.0 Å². The van der Waals surface area contributed by atoms with Crippen LogP contribution in [0.2, 0.25) is 0 Å². The van der Waals surface area contributed by atoms with Gasteiger partial charge in [-0.15, -0.1) is 11.3 Å². The van der Waals surface area contributed by atoms with E-state index in [0.717, 1.165) is 25.9 Å². The molecule has 1 aromatic carbocycles. The number of nitrogens with two attached hydrogens (primary N) is 1. The van der Waals surface area contributed by atoms with Crippen LogP contribution in [0, 0.1) is 5.41 Å². The number of carbonyl (C=O) groups excluding carboxylic acids is 1. The number of carbonyl (C=O) groups is 1. The summed E-state index contributed by atoms with van der Waals surface area (Å²) in [5.41, 5.74) is 7.86. The molecule has 0 radical (unpaired) electrons. The Morgan fingerprint density at radius 2 is 2.00 bits per heavy atom. The molecule has 1 unspecified atom stereocenters. The van der Waals surface area contributed by atoms with Crippen molar-refractivity contribution in [2.24, 2.45) is 0 Å².